The van der Waals surface area contributed by atoms with Crippen molar-refractivity contribution in [3.63, 3.8) is 0 Å². The molecular formula is C22H17N5O3. The van der Waals surface area contributed by atoms with E-state index in [0.717, 1.165) is 16.6 Å². The molecule has 4 aromatic rings. The third-order valence-corrected chi connectivity index (χ3v) is 4.58. The van der Waals surface area contributed by atoms with Crippen LogP contribution in [0.15, 0.2) is 67.1 Å². The smallest absolute Gasteiger partial charge is 0.275 e. The van der Waals surface area contributed by atoms with Crippen LogP contribution in [0.2, 0.25) is 0 Å². The summed E-state index contributed by atoms with van der Waals surface area (Å²) in [6.07, 6.45) is 4.68. The third-order valence-electron chi connectivity index (χ3n) is 4.58. The van der Waals surface area contributed by atoms with Crippen LogP contribution in [0, 0.1) is 0 Å². The largest absolute Gasteiger partial charge is 0.486 e. The Labute approximate surface area is 171 Å². The molecule has 0 spiro atoms. The van der Waals surface area contributed by atoms with Crippen LogP contribution in [0.25, 0.3) is 10.9 Å². The van der Waals surface area contributed by atoms with Gasteiger partial charge in [-0.3, -0.25) is 9.78 Å². The lowest BCUT2D eigenvalue weighted by Gasteiger charge is -2.18. The first-order valence-electron chi connectivity index (χ1n) is 9.40. The van der Waals surface area contributed by atoms with Gasteiger partial charge in [0.15, 0.2) is 11.5 Å². The van der Waals surface area contributed by atoms with Crippen molar-refractivity contribution < 1.29 is 14.3 Å². The van der Waals surface area contributed by atoms with Crippen LogP contribution in [0.5, 0.6) is 11.5 Å². The van der Waals surface area contributed by atoms with Crippen molar-refractivity contribution in [3.05, 3.63) is 72.8 Å². The van der Waals surface area contributed by atoms with E-state index in [1.54, 1.807) is 24.4 Å². The van der Waals surface area contributed by atoms with Gasteiger partial charge in [0.1, 0.15) is 24.7 Å². The molecule has 0 aliphatic carbocycles. The summed E-state index contributed by atoms with van der Waals surface area (Å²) in [6.45, 7) is 1.00. The zero-order chi connectivity index (χ0) is 20.3. The zero-order valence-electron chi connectivity index (χ0n) is 15.8. The average Bonchev–Trinajstić information content (AvgIpc) is 2.80. The molecule has 0 saturated carbocycles. The molecule has 2 aromatic heterocycles. The summed E-state index contributed by atoms with van der Waals surface area (Å²) in [5.74, 6) is 1.42. The SMILES string of the molecule is O=C(Nc1ccc2c(c1)OCCO2)c1cnc(Nc2cccc3cccnc23)cn1. The number of amides is 1. The van der Waals surface area contributed by atoms with Crippen LogP contribution in [0.3, 0.4) is 0 Å². The fourth-order valence-corrected chi connectivity index (χ4v) is 3.17. The highest BCUT2D eigenvalue weighted by Crippen LogP contribution is 2.32. The summed E-state index contributed by atoms with van der Waals surface area (Å²) in [4.78, 5) is 25.4. The van der Waals surface area contributed by atoms with Crippen LogP contribution in [-0.4, -0.2) is 34.1 Å². The number of nitrogens with one attached hydrogen (secondary N) is 2. The van der Waals surface area contributed by atoms with E-state index in [1.165, 1.54) is 12.4 Å². The molecule has 0 fully saturated rings. The molecule has 30 heavy (non-hydrogen) atoms. The van der Waals surface area contributed by atoms with Crippen molar-refractivity contribution in [2.45, 2.75) is 0 Å². The molecule has 1 aliphatic rings. The Morgan fingerprint density at radius 3 is 2.63 bits per heavy atom. The predicted molar refractivity (Wildman–Crippen MR) is 112 cm³/mol. The van der Waals surface area contributed by atoms with Gasteiger partial charge in [0, 0.05) is 23.3 Å². The van der Waals surface area contributed by atoms with Crippen molar-refractivity contribution >= 4 is 34.0 Å². The van der Waals surface area contributed by atoms with E-state index in [0.29, 0.717) is 36.2 Å². The zero-order valence-corrected chi connectivity index (χ0v) is 15.8. The molecule has 148 valence electrons. The van der Waals surface area contributed by atoms with E-state index in [1.807, 2.05) is 30.3 Å². The fourth-order valence-electron chi connectivity index (χ4n) is 3.17. The van der Waals surface area contributed by atoms with Gasteiger partial charge >= 0.3 is 0 Å². The minimum Gasteiger partial charge on any atom is -0.486 e. The summed E-state index contributed by atoms with van der Waals surface area (Å²) in [5.41, 5.74) is 2.44. The Bertz CT molecular complexity index is 1220. The Morgan fingerprint density at radius 1 is 0.900 bits per heavy atom. The molecule has 0 radical (unpaired) electrons. The first-order chi connectivity index (χ1) is 14.8. The highest BCUT2D eigenvalue weighted by molar-refractivity contribution is 6.03. The second-order valence-electron chi connectivity index (χ2n) is 6.61. The van der Waals surface area contributed by atoms with Gasteiger partial charge in [-0.1, -0.05) is 18.2 Å². The molecule has 0 saturated heterocycles. The van der Waals surface area contributed by atoms with Crippen LogP contribution in [0.4, 0.5) is 17.2 Å². The quantitative estimate of drug-likeness (QED) is 0.539. The van der Waals surface area contributed by atoms with E-state index in [9.17, 15) is 4.79 Å². The summed E-state index contributed by atoms with van der Waals surface area (Å²) in [5, 5.41) is 7.01. The Morgan fingerprint density at radius 2 is 1.77 bits per heavy atom. The van der Waals surface area contributed by atoms with E-state index >= 15 is 0 Å². The molecule has 5 rings (SSSR count). The number of rotatable bonds is 4. The minimum absolute atomic E-state index is 0.200. The molecule has 0 atom stereocenters. The predicted octanol–water partition coefficient (Wildman–Crippen LogP) is 3.79. The van der Waals surface area contributed by atoms with Gasteiger partial charge < -0.3 is 20.1 Å². The third kappa shape index (κ3) is 3.58. The lowest BCUT2D eigenvalue weighted by molar-refractivity contribution is 0.102. The summed E-state index contributed by atoms with van der Waals surface area (Å²) in [6, 6.07) is 15.0. The maximum Gasteiger partial charge on any atom is 0.275 e. The van der Waals surface area contributed by atoms with Crippen LogP contribution < -0.4 is 20.1 Å². The molecule has 3 heterocycles. The second-order valence-corrected chi connectivity index (χ2v) is 6.61. The highest BCUT2D eigenvalue weighted by atomic mass is 16.6. The van der Waals surface area contributed by atoms with Gasteiger partial charge in [0.2, 0.25) is 0 Å². The maximum atomic E-state index is 12.5. The summed E-state index contributed by atoms with van der Waals surface area (Å²) >= 11 is 0. The van der Waals surface area contributed by atoms with Crippen LogP contribution >= 0.6 is 0 Å². The maximum absolute atomic E-state index is 12.5. The van der Waals surface area contributed by atoms with Crippen molar-refractivity contribution in [2.24, 2.45) is 0 Å². The molecule has 0 unspecified atom stereocenters. The monoisotopic (exact) mass is 399 g/mol. The van der Waals surface area contributed by atoms with Gasteiger partial charge in [-0.25, -0.2) is 9.97 Å². The van der Waals surface area contributed by atoms with Crippen molar-refractivity contribution in [1.29, 1.82) is 0 Å². The number of hydrogen-bond donors (Lipinski definition) is 2. The molecule has 2 N–H and O–H groups in total. The first kappa shape index (κ1) is 17.9. The highest BCUT2D eigenvalue weighted by Gasteiger charge is 2.14. The Hall–Kier alpha value is -4.20. The van der Waals surface area contributed by atoms with Crippen molar-refractivity contribution in [2.75, 3.05) is 23.8 Å². The van der Waals surface area contributed by atoms with Crippen LogP contribution in [0.1, 0.15) is 10.5 Å². The molecule has 8 heteroatoms. The summed E-state index contributed by atoms with van der Waals surface area (Å²) in [7, 11) is 0. The number of pyridine rings is 1. The first-order valence-corrected chi connectivity index (χ1v) is 9.40. The number of hydrogen-bond acceptors (Lipinski definition) is 7. The molecule has 1 aliphatic heterocycles. The standard InChI is InChI=1S/C22H17N5O3/c28-22(26-15-6-7-18-19(11-15)30-10-9-29-18)17-12-25-20(13-24-17)27-16-5-1-3-14-4-2-8-23-21(14)16/h1-8,11-13H,9-10H2,(H,25,27)(H,26,28). The topological polar surface area (TPSA) is 98.3 Å². The van der Waals surface area contributed by atoms with Gasteiger partial charge in [-0.05, 0) is 24.3 Å². The lowest BCUT2D eigenvalue weighted by atomic mass is 10.2. The number of ether oxygens (including phenoxy) is 2. The second kappa shape index (κ2) is 7.67. The average molecular weight is 399 g/mol. The number of fused-ring (bicyclic) bond motifs is 2. The number of anilines is 3. The number of benzene rings is 2. The molecule has 2 aromatic carbocycles. The van der Waals surface area contributed by atoms with E-state index in [2.05, 4.69) is 25.6 Å². The van der Waals surface area contributed by atoms with Gasteiger partial charge in [0.25, 0.3) is 5.91 Å². The number of carbonyl (C=O) groups is 1. The number of nitrogens with zero attached hydrogens (tertiary/aromatic N) is 3. The molecule has 8 nitrogen and oxygen atoms in total. The Kier molecular flexibility index (Phi) is 4.57. The van der Waals surface area contributed by atoms with E-state index in [4.69, 9.17) is 9.47 Å². The molecule has 1 amide bonds. The van der Waals surface area contributed by atoms with E-state index < -0.39 is 0 Å². The van der Waals surface area contributed by atoms with Crippen molar-refractivity contribution in [3.8, 4) is 11.5 Å². The van der Waals surface area contributed by atoms with Crippen molar-refractivity contribution in [1.82, 2.24) is 15.0 Å². The normalized spacial score (nSPS) is 12.4. The molecule has 0 bridgehead atoms. The van der Waals surface area contributed by atoms with Crippen LogP contribution in [-0.2, 0) is 0 Å². The van der Waals surface area contributed by atoms with Gasteiger partial charge in [-0.15, -0.1) is 0 Å². The number of carbonyl (C=O) groups excluding carboxylic acids is 1. The minimum atomic E-state index is -0.363. The van der Waals surface area contributed by atoms with Gasteiger partial charge in [0.05, 0.1) is 23.6 Å². The van der Waals surface area contributed by atoms with Gasteiger partial charge in [-0.2, -0.15) is 0 Å². The lowest BCUT2D eigenvalue weighted by Crippen LogP contribution is -2.17. The number of aromatic nitrogens is 3. The van der Waals surface area contributed by atoms with E-state index in [-0.39, 0.29) is 11.6 Å². The number of para-hydroxylation sites is 1. The fraction of sp³-hybridized carbons (Fsp3) is 0.0909. The molecular weight excluding hydrogens is 382 g/mol. The summed E-state index contributed by atoms with van der Waals surface area (Å²) < 4.78 is 11.0. The Balaban J connectivity index is 1.30.